The van der Waals surface area contributed by atoms with E-state index in [1.54, 1.807) is 6.07 Å². The Kier molecular flexibility index (Phi) is 9.07. The highest BCUT2D eigenvalue weighted by Gasteiger charge is 2.26. The van der Waals surface area contributed by atoms with Gasteiger partial charge in [-0.2, -0.15) is 11.8 Å². The highest BCUT2D eigenvalue weighted by atomic mass is 32.2. The van der Waals surface area contributed by atoms with Crippen LogP contribution in [0.4, 0.5) is 4.39 Å². The van der Waals surface area contributed by atoms with Crippen LogP contribution >= 0.6 is 11.8 Å². The zero-order chi connectivity index (χ0) is 19.6. The minimum atomic E-state index is -0.357. The number of hydrogen-bond donors (Lipinski definition) is 2. The number of piperidine rings is 1. The molecule has 2 aliphatic heterocycles. The number of thioether (sulfide) groups is 1. The molecule has 0 saturated carbocycles. The monoisotopic (exact) mass is 396 g/mol. The molecule has 7 heteroatoms. The fourth-order valence-electron chi connectivity index (χ4n) is 3.74. The van der Waals surface area contributed by atoms with Gasteiger partial charge >= 0.3 is 0 Å². The molecule has 1 aromatic carbocycles. The Hall–Kier alpha value is -1.60. The van der Waals surface area contributed by atoms with Gasteiger partial charge in [0.1, 0.15) is 5.82 Å². The lowest BCUT2D eigenvalue weighted by Gasteiger charge is -2.39. The van der Waals surface area contributed by atoms with Crippen molar-refractivity contribution >= 4 is 24.1 Å². The summed E-state index contributed by atoms with van der Waals surface area (Å²) in [6, 6.07) is 5.15. The van der Waals surface area contributed by atoms with E-state index in [-0.39, 0.29) is 18.2 Å². The first-order valence-corrected chi connectivity index (χ1v) is 10.6. The van der Waals surface area contributed by atoms with Gasteiger partial charge in [-0.25, -0.2) is 4.39 Å². The third kappa shape index (κ3) is 6.81. The summed E-state index contributed by atoms with van der Waals surface area (Å²) < 4.78 is 13.3. The highest BCUT2D eigenvalue weighted by Crippen LogP contribution is 2.26. The molecule has 5 nitrogen and oxygen atoms in total. The molecule has 27 heavy (non-hydrogen) atoms. The van der Waals surface area contributed by atoms with Crippen LogP contribution in [-0.4, -0.2) is 59.6 Å². The summed E-state index contributed by atoms with van der Waals surface area (Å²) in [6.45, 7) is 4.59. The molecule has 3 rings (SSSR count). The van der Waals surface area contributed by atoms with E-state index in [1.165, 1.54) is 36.5 Å². The molecule has 2 aliphatic rings. The molecule has 0 unspecified atom stereocenters. The van der Waals surface area contributed by atoms with Crippen LogP contribution in [0.2, 0.25) is 0 Å². The molecular formula is C20H29FN2O3S. The molecule has 1 amide bonds. The predicted molar refractivity (Wildman–Crippen MR) is 107 cm³/mol. The van der Waals surface area contributed by atoms with Crippen LogP contribution in [0.1, 0.15) is 41.6 Å². The number of halogens is 1. The van der Waals surface area contributed by atoms with Crippen LogP contribution in [0, 0.1) is 18.7 Å². The van der Waals surface area contributed by atoms with Crippen LogP contribution < -0.4 is 5.32 Å². The number of hydrogen-bond acceptors (Lipinski definition) is 4. The predicted octanol–water partition coefficient (Wildman–Crippen LogP) is 3.17. The van der Waals surface area contributed by atoms with E-state index >= 15 is 0 Å². The van der Waals surface area contributed by atoms with Crippen molar-refractivity contribution in [2.45, 2.75) is 38.6 Å². The lowest BCUT2D eigenvalue weighted by atomic mass is 9.94. The van der Waals surface area contributed by atoms with Crippen LogP contribution in [0.3, 0.4) is 0 Å². The van der Waals surface area contributed by atoms with Gasteiger partial charge < -0.3 is 15.3 Å². The molecule has 0 atom stereocenters. The smallest absolute Gasteiger partial charge is 0.290 e. The molecule has 0 radical (unpaired) electrons. The second kappa shape index (κ2) is 11.3. The normalized spacial score (nSPS) is 19.0. The second-order valence-electron chi connectivity index (χ2n) is 7.10. The molecule has 2 heterocycles. The first kappa shape index (κ1) is 21.7. The van der Waals surface area contributed by atoms with E-state index < -0.39 is 0 Å². The van der Waals surface area contributed by atoms with E-state index in [4.69, 9.17) is 9.90 Å². The largest absolute Gasteiger partial charge is 0.483 e. The summed E-state index contributed by atoms with van der Waals surface area (Å²) in [4.78, 5) is 23.3. The second-order valence-corrected chi connectivity index (χ2v) is 8.32. The van der Waals surface area contributed by atoms with E-state index in [2.05, 4.69) is 22.0 Å². The fraction of sp³-hybridized carbons (Fsp3) is 0.600. The molecule has 2 saturated heterocycles. The van der Waals surface area contributed by atoms with Crippen LogP contribution in [0.15, 0.2) is 18.2 Å². The first-order valence-electron chi connectivity index (χ1n) is 9.49. The molecule has 0 bridgehead atoms. The Morgan fingerprint density at radius 2 is 1.93 bits per heavy atom. The van der Waals surface area contributed by atoms with Gasteiger partial charge in [0, 0.05) is 18.2 Å². The Morgan fingerprint density at radius 3 is 2.56 bits per heavy atom. The number of nitrogens with zero attached hydrogens (tertiary/aromatic N) is 1. The Morgan fingerprint density at radius 1 is 1.30 bits per heavy atom. The number of rotatable bonds is 4. The third-order valence-electron chi connectivity index (χ3n) is 5.35. The molecule has 0 aliphatic carbocycles. The third-order valence-corrected chi connectivity index (χ3v) is 6.40. The average molecular weight is 397 g/mol. The SMILES string of the molecule is Cc1ccc(F)cc1C(=O)NCC1CCN(C2CCSCC2)CC1.O=CO. The number of carboxylic acid groups (broad SMARTS) is 1. The average Bonchev–Trinajstić information content (AvgIpc) is 2.70. The molecule has 0 aromatic heterocycles. The summed E-state index contributed by atoms with van der Waals surface area (Å²) in [5.41, 5.74) is 1.27. The summed E-state index contributed by atoms with van der Waals surface area (Å²) in [6.07, 6.45) is 4.94. The minimum absolute atomic E-state index is 0.154. The number of carbonyl (C=O) groups is 2. The molecular weight excluding hydrogens is 367 g/mol. The first-order chi connectivity index (χ1) is 13.0. The Bertz CT molecular complexity index is 615. The van der Waals surface area contributed by atoms with Gasteiger partial charge in [0.15, 0.2) is 0 Å². The van der Waals surface area contributed by atoms with Crippen molar-refractivity contribution in [2.75, 3.05) is 31.1 Å². The van der Waals surface area contributed by atoms with Crippen molar-refractivity contribution in [1.29, 1.82) is 0 Å². The van der Waals surface area contributed by atoms with Gasteiger partial charge in [-0.1, -0.05) is 6.07 Å². The summed E-state index contributed by atoms with van der Waals surface area (Å²) in [5, 5.41) is 9.89. The van der Waals surface area contributed by atoms with Gasteiger partial charge in [0.2, 0.25) is 0 Å². The molecule has 2 N–H and O–H groups in total. The van der Waals surface area contributed by atoms with Crippen LogP contribution in [0.5, 0.6) is 0 Å². The Balaban J connectivity index is 0.000000817. The molecule has 0 spiro atoms. The maximum atomic E-state index is 13.3. The summed E-state index contributed by atoms with van der Waals surface area (Å²) >= 11 is 2.07. The maximum Gasteiger partial charge on any atom is 0.290 e. The van der Waals surface area contributed by atoms with Crippen molar-refractivity contribution in [1.82, 2.24) is 10.2 Å². The quantitative estimate of drug-likeness (QED) is 0.765. The van der Waals surface area contributed by atoms with Crippen LogP contribution in [-0.2, 0) is 4.79 Å². The minimum Gasteiger partial charge on any atom is -0.483 e. The standard InChI is InChI=1S/C19H27FN2OS.CH2O2/c1-14-2-3-16(20)12-18(14)19(23)21-13-15-4-8-22(9-5-15)17-6-10-24-11-7-17;2-1-3/h2-3,12,15,17H,4-11,13H2,1H3,(H,21,23);1H,(H,2,3). The van der Waals surface area contributed by atoms with Crippen molar-refractivity contribution in [2.24, 2.45) is 5.92 Å². The van der Waals surface area contributed by atoms with E-state index in [0.29, 0.717) is 18.0 Å². The van der Waals surface area contributed by atoms with E-state index in [0.717, 1.165) is 37.5 Å². The highest BCUT2D eigenvalue weighted by molar-refractivity contribution is 7.99. The Labute approximate surface area is 164 Å². The van der Waals surface area contributed by atoms with Gasteiger partial charge in [-0.05, 0) is 80.8 Å². The van der Waals surface area contributed by atoms with Crippen molar-refractivity contribution in [3.63, 3.8) is 0 Å². The molecule has 150 valence electrons. The van der Waals surface area contributed by atoms with Crippen molar-refractivity contribution in [3.8, 4) is 0 Å². The molecule has 1 aromatic rings. The van der Waals surface area contributed by atoms with E-state index in [9.17, 15) is 9.18 Å². The zero-order valence-corrected chi connectivity index (χ0v) is 16.6. The number of likely N-dealkylation sites (tertiary alicyclic amines) is 1. The maximum absolute atomic E-state index is 13.3. The van der Waals surface area contributed by atoms with Gasteiger partial charge in [0.25, 0.3) is 12.4 Å². The van der Waals surface area contributed by atoms with Crippen molar-refractivity contribution in [3.05, 3.63) is 35.1 Å². The van der Waals surface area contributed by atoms with Crippen molar-refractivity contribution < 1.29 is 19.1 Å². The summed E-state index contributed by atoms with van der Waals surface area (Å²) in [7, 11) is 0. The number of benzene rings is 1. The lowest BCUT2D eigenvalue weighted by molar-refractivity contribution is -0.122. The number of amides is 1. The topological polar surface area (TPSA) is 69.6 Å². The number of nitrogens with one attached hydrogen (secondary N) is 1. The van der Waals surface area contributed by atoms with Gasteiger partial charge in [-0.3, -0.25) is 9.59 Å². The number of carbonyl (C=O) groups excluding carboxylic acids is 1. The number of aryl methyl sites for hydroxylation is 1. The fourth-order valence-corrected chi connectivity index (χ4v) is 4.83. The summed E-state index contributed by atoms with van der Waals surface area (Å²) in [5.74, 6) is 2.63. The lowest BCUT2D eigenvalue weighted by Crippen LogP contribution is -2.45. The molecule has 2 fully saturated rings. The van der Waals surface area contributed by atoms with Gasteiger partial charge in [0.05, 0.1) is 0 Å². The zero-order valence-electron chi connectivity index (χ0n) is 15.8. The van der Waals surface area contributed by atoms with Crippen LogP contribution in [0.25, 0.3) is 0 Å². The van der Waals surface area contributed by atoms with Gasteiger partial charge in [-0.15, -0.1) is 0 Å². The van der Waals surface area contributed by atoms with E-state index in [1.807, 2.05) is 6.92 Å².